The lowest BCUT2D eigenvalue weighted by atomic mass is 9.79. The smallest absolute Gasteiger partial charge is 0.251 e. The van der Waals surface area contributed by atoms with Crippen molar-refractivity contribution in [1.29, 1.82) is 0 Å². The van der Waals surface area contributed by atoms with E-state index in [1.54, 1.807) is 26.0 Å². The first kappa shape index (κ1) is 22.2. The summed E-state index contributed by atoms with van der Waals surface area (Å²) in [6.07, 6.45) is 5.79. The Labute approximate surface area is 174 Å². The summed E-state index contributed by atoms with van der Waals surface area (Å²) in [7, 11) is -3.56. The van der Waals surface area contributed by atoms with Gasteiger partial charge in [-0.25, -0.2) is 13.1 Å². The number of nitrogens with zero attached hydrogens (tertiary/aromatic N) is 1. The number of ether oxygens (including phenoxy) is 1. The van der Waals surface area contributed by atoms with Gasteiger partial charge in [0.15, 0.2) is 0 Å². The highest BCUT2D eigenvalue weighted by Crippen LogP contribution is 2.34. The van der Waals surface area contributed by atoms with E-state index in [4.69, 9.17) is 4.74 Å². The number of sulfonamides is 1. The number of carbonyl (C=O) groups is 1. The van der Waals surface area contributed by atoms with Crippen LogP contribution in [-0.2, 0) is 14.8 Å². The molecule has 0 radical (unpaired) electrons. The van der Waals surface area contributed by atoms with Crippen LogP contribution >= 0.6 is 0 Å². The average molecular weight is 424 g/mol. The van der Waals surface area contributed by atoms with Gasteiger partial charge in [-0.2, -0.15) is 0 Å². The molecule has 8 heteroatoms. The first-order chi connectivity index (χ1) is 13.8. The third-order valence-electron chi connectivity index (χ3n) is 5.86. The van der Waals surface area contributed by atoms with Crippen LogP contribution in [-0.4, -0.2) is 63.7 Å². The number of nitrogens with one attached hydrogen (secondary N) is 2. The predicted molar refractivity (Wildman–Crippen MR) is 112 cm³/mol. The van der Waals surface area contributed by atoms with Gasteiger partial charge in [0.2, 0.25) is 10.0 Å². The summed E-state index contributed by atoms with van der Waals surface area (Å²) in [6.45, 7) is 7.47. The van der Waals surface area contributed by atoms with Gasteiger partial charge >= 0.3 is 0 Å². The number of benzene rings is 1. The SMILES string of the molecule is CC(C)NS(=O)(=O)c1ccc(C(=O)NCC2(N3CCOCC3)CCCCC2)cc1. The Balaban J connectivity index is 1.65. The molecule has 1 saturated heterocycles. The van der Waals surface area contributed by atoms with Gasteiger partial charge in [0.05, 0.1) is 18.1 Å². The summed E-state index contributed by atoms with van der Waals surface area (Å²) < 4.78 is 32.6. The monoisotopic (exact) mass is 423 g/mol. The molecule has 7 nitrogen and oxygen atoms in total. The van der Waals surface area contributed by atoms with E-state index in [9.17, 15) is 13.2 Å². The second-order valence-electron chi connectivity index (χ2n) is 8.37. The Morgan fingerprint density at radius 3 is 2.31 bits per heavy atom. The van der Waals surface area contributed by atoms with E-state index < -0.39 is 10.0 Å². The molecule has 2 fully saturated rings. The predicted octanol–water partition coefficient (Wildman–Crippen LogP) is 2.14. The van der Waals surface area contributed by atoms with E-state index in [0.717, 1.165) is 39.1 Å². The van der Waals surface area contributed by atoms with Crippen molar-refractivity contribution in [3.63, 3.8) is 0 Å². The van der Waals surface area contributed by atoms with Crippen LogP contribution in [0.2, 0.25) is 0 Å². The first-order valence-corrected chi connectivity index (χ1v) is 12.0. The zero-order valence-electron chi connectivity index (χ0n) is 17.4. The van der Waals surface area contributed by atoms with Crippen molar-refractivity contribution in [3.8, 4) is 0 Å². The number of carbonyl (C=O) groups excluding carboxylic acids is 1. The maximum Gasteiger partial charge on any atom is 0.251 e. The second kappa shape index (κ2) is 9.55. The zero-order chi connectivity index (χ0) is 20.9. The third-order valence-corrected chi connectivity index (χ3v) is 7.54. The molecule has 2 aliphatic rings. The van der Waals surface area contributed by atoms with Crippen LogP contribution in [0.4, 0.5) is 0 Å². The summed E-state index contributed by atoms with van der Waals surface area (Å²) in [5.74, 6) is -0.163. The van der Waals surface area contributed by atoms with Gasteiger partial charge in [0.25, 0.3) is 5.91 Å². The number of morpholine rings is 1. The van der Waals surface area contributed by atoms with Crippen molar-refractivity contribution in [2.24, 2.45) is 0 Å². The van der Waals surface area contributed by atoms with Crippen LogP contribution in [0.25, 0.3) is 0 Å². The van der Waals surface area contributed by atoms with Crippen molar-refractivity contribution in [1.82, 2.24) is 14.9 Å². The summed E-state index contributed by atoms with van der Waals surface area (Å²) in [6, 6.07) is 5.93. The van der Waals surface area contributed by atoms with E-state index in [2.05, 4.69) is 14.9 Å². The van der Waals surface area contributed by atoms with Gasteiger partial charge in [-0.05, 0) is 51.0 Å². The Morgan fingerprint density at radius 1 is 1.10 bits per heavy atom. The Kier molecular flexibility index (Phi) is 7.32. The molecule has 0 aromatic heterocycles. The lowest BCUT2D eigenvalue weighted by Crippen LogP contribution is -2.59. The molecule has 1 aliphatic heterocycles. The second-order valence-corrected chi connectivity index (χ2v) is 10.1. The first-order valence-electron chi connectivity index (χ1n) is 10.6. The minimum atomic E-state index is -3.56. The quantitative estimate of drug-likeness (QED) is 0.702. The number of hydrogen-bond donors (Lipinski definition) is 2. The lowest BCUT2D eigenvalue weighted by molar-refractivity contribution is -0.0361. The minimum absolute atomic E-state index is 0.00214. The highest BCUT2D eigenvalue weighted by atomic mass is 32.2. The van der Waals surface area contributed by atoms with E-state index in [1.807, 2.05) is 0 Å². The topological polar surface area (TPSA) is 87.7 Å². The fourth-order valence-corrected chi connectivity index (χ4v) is 5.61. The Bertz CT molecular complexity index is 781. The molecule has 2 N–H and O–H groups in total. The highest BCUT2D eigenvalue weighted by Gasteiger charge is 2.38. The molecule has 0 unspecified atom stereocenters. The van der Waals surface area contributed by atoms with Crippen molar-refractivity contribution in [2.75, 3.05) is 32.8 Å². The molecule has 3 rings (SSSR count). The molecular weight excluding hydrogens is 390 g/mol. The average Bonchev–Trinajstić information content (AvgIpc) is 2.72. The lowest BCUT2D eigenvalue weighted by Gasteiger charge is -2.48. The molecule has 1 saturated carbocycles. The van der Waals surface area contributed by atoms with Crippen molar-refractivity contribution < 1.29 is 17.9 Å². The van der Waals surface area contributed by atoms with Gasteiger partial charge in [-0.1, -0.05) is 19.3 Å². The maximum atomic E-state index is 12.7. The van der Waals surface area contributed by atoms with Gasteiger partial charge < -0.3 is 10.1 Å². The van der Waals surface area contributed by atoms with E-state index in [0.29, 0.717) is 12.1 Å². The molecule has 1 aliphatic carbocycles. The number of amides is 1. The normalized spacial score (nSPS) is 20.5. The molecule has 0 spiro atoms. The van der Waals surface area contributed by atoms with Gasteiger partial charge in [-0.3, -0.25) is 9.69 Å². The highest BCUT2D eigenvalue weighted by molar-refractivity contribution is 7.89. The molecule has 1 aromatic rings. The van der Waals surface area contributed by atoms with Crippen LogP contribution in [0, 0.1) is 0 Å². The number of hydrogen-bond acceptors (Lipinski definition) is 5. The minimum Gasteiger partial charge on any atom is -0.379 e. The third kappa shape index (κ3) is 5.57. The fourth-order valence-electron chi connectivity index (χ4n) is 4.36. The van der Waals surface area contributed by atoms with Crippen LogP contribution in [0.5, 0.6) is 0 Å². The van der Waals surface area contributed by atoms with E-state index in [1.165, 1.54) is 31.4 Å². The molecule has 0 atom stereocenters. The molecule has 1 heterocycles. The van der Waals surface area contributed by atoms with Gasteiger partial charge in [-0.15, -0.1) is 0 Å². The van der Waals surface area contributed by atoms with Crippen LogP contribution in [0.3, 0.4) is 0 Å². The molecule has 1 amide bonds. The van der Waals surface area contributed by atoms with Crippen molar-refractivity contribution >= 4 is 15.9 Å². The molecule has 0 bridgehead atoms. The Morgan fingerprint density at radius 2 is 1.72 bits per heavy atom. The van der Waals surface area contributed by atoms with Crippen molar-refractivity contribution in [3.05, 3.63) is 29.8 Å². The van der Waals surface area contributed by atoms with E-state index in [-0.39, 0.29) is 22.4 Å². The van der Waals surface area contributed by atoms with Crippen molar-refractivity contribution in [2.45, 2.75) is 62.4 Å². The number of rotatable bonds is 7. The summed E-state index contributed by atoms with van der Waals surface area (Å²) in [5.41, 5.74) is 0.476. The van der Waals surface area contributed by atoms with E-state index >= 15 is 0 Å². The largest absolute Gasteiger partial charge is 0.379 e. The van der Waals surface area contributed by atoms with Crippen LogP contribution in [0.1, 0.15) is 56.3 Å². The zero-order valence-corrected chi connectivity index (χ0v) is 18.3. The van der Waals surface area contributed by atoms with Crippen LogP contribution in [0.15, 0.2) is 29.2 Å². The van der Waals surface area contributed by atoms with Crippen LogP contribution < -0.4 is 10.0 Å². The summed E-state index contributed by atoms with van der Waals surface area (Å²) >= 11 is 0. The molecule has 162 valence electrons. The standard InChI is InChI=1S/C21H33N3O4S/c1-17(2)23-29(26,27)19-8-6-18(7-9-19)20(25)22-16-21(10-4-3-5-11-21)24-12-14-28-15-13-24/h6-9,17,23H,3-5,10-16H2,1-2H3,(H,22,25). The molecular formula is C21H33N3O4S. The summed E-state index contributed by atoms with van der Waals surface area (Å²) in [5, 5.41) is 3.11. The fraction of sp³-hybridized carbons (Fsp3) is 0.667. The molecule has 1 aromatic carbocycles. The molecule has 29 heavy (non-hydrogen) atoms. The van der Waals surface area contributed by atoms with Gasteiger partial charge in [0, 0.05) is 36.8 Å². The maximum absolute atomic E-state index is 12.7. The Hall–Kier alpha value is -1.48. The van der Waals surface area contributed by atoms with Gasteiger partial charge in [0.1, 0.15) is 0 Å². The summed E-state index contributed by atoms with van der Waals surface area (Å²) in [4.78, 5) is 15.4.